The average molecular weight is 336 g/mol. The summed E-state index contributed by atoms with van der Waals surface area (Å²) in [4.78, 5) is 8.17. The predicted octanol–water partition coefficient (Wildman–Crippen LogP) is 5.08. The first-order valence-corrected chi connectivity index (χ1v) is 8.54. The molecular formula is C22H16N4. The van der Waals surface area contributed by atoms with Crippen molar-refractivity contribution in [1.82, 2.24) is 19.7 Å². The first kappa shape index (κ1) is 14.7. The monoisotopic (exact) mass is 336 g/mol. The summed E-state index contributed by atoms with van der Waals surface area (Å²) in [5.74, 6) is 0.810. The zero-order chi connectivity index (χ0) is 17.3. The number of hydrogen-bond donors (Lipinski definition) is 1. The summed E-state index contributed by atoms with van der Waals surface area (Å²) in [6, 6.07) is 30.5. The van der Waals surface area contributed by atoms with Crippen molar-refractivity contribution in [3.8, 4) is 28.5 Å². The van der Waals surface area contributed by atoms with E-state index >= 15 is 0 Å². The molecule has 0 saturated carbocycles. The lowest BCUT2D eigenvalue weighted by molar-refractivity contribution is 0.885. The Bertz CT molecular complexity index is 1140. The van der Waals surface area contributed by atoms with Crippen molar-refractivity contribution < 1.29 is 0 Å². The van der Waals surface area contributed by atoms with E-state index < -0.39 is 0 Å². The van der Waals surface area contributed by atoms with Crippen molar-refractivity contribution in [2.24, 2.45) is 0 Å². The zero-order valence-corrected chi connectivity index (χ0v) is 14.0. The second kappa shape index (κ2) is 6.01. The van der Waals surface area contributed by atoms with Crippen LogP contribution in [0.15, 0.2) is 91.0 Å². The Morgan fingerprint density at radius 3 is 2.19 bits per heavy atom. The molecule has 5 rings (SSSR count). The maximum Gasteiger partial charge on any atom is 0.157 e. The molecule has 124 valence electrons. The highest BCUT2D eigenvalue weighted by molar-refractivity contribution is 5.79. The average Bonchev–Trinajstić information content (AvgIpc) is 3.33. The van der Waals surface area contributed by atoms with Crippen LogP contribution >= 0.6 is 0 Å². The Labute approximate surface area is 150 Å². The van der Waals surface area contributed by atoms with Gasteiger partial charge in [0.2, 0.25) is 0 Å². The quantitative estimate of drug-likeness (QED) is 0.499. The second-order valence-electron chi connectivity index (χ2n) is 6.13. The molecule has 0 fully saturated rings. The molecule has 0 radical (unpaired) electrons. The molecule has 0 spiro atoms. The van der Waals surface area contributed by atoms with Crippen molar-refractivity contribution in [1.29, 1.82) is 0 Å². The van der Waals surface area contributed by atoms with E-state index in [-0.39, 0.29) is 0 Å². The molecule has 5 aromatic rings. The van der Waals surface area contributed by atoms with Gasteiger partial charge in [0.1, 0.15) is 5.69 Å². The lowest BCUT2D eigenvalue weighted by Gasteiger charge is -2.05. The lowest BCUT2D eigenvalue weighted by atomic mass is 10.1. The minimum atomic E-state index is 0.810. The fraction of sp³-hybridized carbons (Fsp3) is 0. The van der Waals surface area contributed by atoms with E-state index in [0.29, 0.717) is 0 Å². The van der Waals surface area contributed by atoms with Gasteiger partial charge < -0.3 is 4.98 Å². The van der Waals surface area contributed by atoms with Crippen LogP contribution in [0, 0.1) is 0 Å². The normalized spacial score (nSPS) is 11.1. The molecule has 0 aliphatic rings. The molecule has 2 aromatic heterocycles. The van der Waals surface area contributed by atoms with Crippen molar-refractivity contribution >= 4 is 11.0 Å². The fourth-order valence-corrected chi connectivity index (χ4v) is 3.14. The summed E-state index contributed by atoms with van der Waals surface area (Å²) in [6.07, 6.45) is 0. The van der Waals surface area contributed by atoms with Gasteiger partial charge in [-0.05, 0) is 30.3 Å². The number of H-pyrrole nitrogens is 1. The molecule has 0 amide bonds. The van der Waals surface area contributed by atoms with Crippen LogP contribution in [-0.2, 0) is 0 Å². The largest absolute Gasteiger partial charge is 0.337 e. The van der Waals surface area contributed by atoms with Gasteiger partial charge in [-0.3, -0.25) is 0 Å². The van der Waals surface area contributed by atoms with Gasteiger partial charge in [0.15, 0.2) is 5.82 Å². The maximum atomic E-state index is 4.85. The standard InChI is InChI=1S/C22H16N4/c1-3-9-16(10-4-1)20-15-21(26(25-20)17-11-5-2-6-12-17)22-23-18-13-7-8-14-19(18)24-22/h1-15H,(H,23,24). The molecule has 0 bridgehead atoms. The minimum absolute atomic E-state index is 0.810. The number of imidazole rings is 1. The van der Waals surface area contributed by atoms with Crippen LogP contribution in [0.2, 0.25) is 0 Å². The predicted molar refractivity (Wildman–Crippen MR) is 104 cm³/mol. The number of benzene rings is 3. The molecular weight excluding hydrogens is 320 g/mol. The van der Waals surface area contributed by atoms with Crippen LogP contribution < -0.4 is 0 Å². The van der Waals surface area contributed by atoms with E-state index in [2.05, 4.69) is 23.2 Å². The third-order valence-electron chi connectivity index (χ3n) is 4.41. The summed E-state index contributed by atoms with van der Waals surface area (Å²) < 4.78 is 1.94. The summed E-state index contributed by atoms with van der Waals surface area (Å²) in [7, 11) is 0. The summed E-state index contributed by atoms with van der Waals surface area (Å²) in [5, 5.41) is 4.85. The topological polar surface area (TPSA) is 46.5 Å². The lowest BCUT2D eigenvalue weighted by Crippen LogP contribution is -1.99. The zero-order valence-electron chi connectivity index (χ0n) is 14.0. The van der Waals surface area contributed by atoms with E-state index in [1.54, 1.807) is 0 Å². The molecule has 0 aliphatic heterocycles. The highest BCUT2D eigenvalue weighted by atomic mass is 15.3. The van der Waals surface area contributed by atoms with Crippen molar-refractivity contribution in [3.05, 3.63) is 91.0 Å². The molecule has 4 heteroatoms. The first-order chi connectivity index (χ1) is 12.9. The van der Waals surface area contributed by atoms with Gasteiger partial charge in [0.25, 0.3) is 0 Å². The summed E-state index contributed by atoms with van der Waals surface area (Å²) >= 11 is 0. The van der Waals surface area contributed by atoms with Gasteiger partial charge in [-0.15, -0.1) is 0 Å². The number of nitrogens with zero attached hydrogens (tertiary/aromatic N) is 3. The number of aromatic amines is 1. The number of fused-ring (bicyclic) bond motifs is 1. The third-order valence-corrected chi connectivity index (χ3v) is 4.41. The van der Waals surface area contributed by atoms with Crippen LogP contribution in [0.5, 0.6) is 0 Å². The molecule has 0 aliphatic carbocycles. The van der Waals surface area contributed by atoms with Gasteiger partial charge in [0.05, 0.1) is 22.4 Å². The number of aromatic nitrogens is 4. The van der Waals surface area contributed by atoms with Crippen molar-refractivity contribution in [2.75, 3.05) is 0 Å². The molecule has 4 nitrogen and oxygen atoms in total. The van der Waals surface area contributed by atoms with E-state index in [1.807, 2.05) is 77.5 Å². The van der Waals surface area contributed by atoms with E-state index in [0.717, 1.165) is 39.5 Å². The number of hydrogen-bond acceptors (Lipinski definition) is 2. The summed E-state index contributed by atoms with van der Waals surface area (Å²) in [5.41, 5.74) is 5.91. The number of rotatable bonds is 3. The molecule has 3 aromatic carbocycles. The Hall–Kier alpha value is -3.66. The second-order valence-corrected chi connectivity index (χ2v) is 6.13. The highest BCUT2D eigenvalue weighted by Gasteiger charge is 2.15. The molecule has 26 heavy (non-hydrogen) atoms. The van der Waals surface area contributed by atoms with Crippen LogP contribution in [0.1, 0.15) is 0 Å². The number of para-hydroxylation sites is 3. The smallest absolute Gasteiger partial charge is 0.157 e. The van der Waals surface area contributed by atoms with E-state index in [9.17, 15) is 0 Å². The molecule has 0 saturated heterocycles. The highest BCUT2D eigenvalue weighted by Crippen LogP contribution is 2.28. The van der Waals surface area contributed by atoms with Gasteiger partial charge in [-0.1, -0.05) is 60.7 Å². The molecule has 0 unspecified atom stereocenters. The van der Waals surface area contributed by atoms with Crippen molar-refractivity contribution in [2.45, 2.75) is 0 Å². The van der Waals surface area contributed by atoms with Gasteiger partial charge >= 0.3 is 0 Å². The van der Waals surface area contributed by atoms with Gasteiger partial charge in [-0.2, -0.15) is 5.10 Å². The molecule has 1 N–H and O–H groups in total. The van der Waals surface area contributed by atoms with Crippen LogP contribution in [0.4, 0.5) is 0 Å². The molecule has 0 atom stereocenters. The van der Waals surface area contributed by atoms with Crippen LogP contribution in [-0.4, -0.2) is 19.7 Å². The number of nitrogens with one attached hydrogen (secondary N) is 1. The van der Waals surface area contributed by atoms with Crippen molar-refractivity contribution in [3.63, 3.8) is 0 Å². The third kappa shape index (κ3) is 2.48. The SMILES string of the molecule is c1ccc(-c2cc(-c3nc4ccccc4[nH]3)n(-c3ccccc3)n2)cc1. The van der Waals surface area contributed by atoms with Gasteiger partial charge in [-0.25, -0.2) is 9.67 Å². The maximum absolute atomic E-state index is 4.85. The van der Waals surface area contributed by atoms with E-state index in [1.165, 1.54) is 0 Å². The first-order valence-electron chi connectivity index (χ1n) is 8.54. The summed E-state index contributed by atoms with van der Waals surface area (Å²) in [6.45, 7) is 0. The Kier molecular flexibility index (Phi) is 3.39. The fourth-order valence-electron chi connectivity index (χ4n) is 3.14. The van der Waals surface area contributed by atoms with Crippen LogP contribution in [0.3, 0.4) is 0 Å². The Balaban J connectivity index is 1.73. The van der Waals surface area contributed by atoms with Gasteiger partial charge in [0, 0.05) is 5.56 Å². The van der Waals surface area contributed by atoms with E-state index in [4.69, 9.17) is 10.1 Å². The van der Waals surface area contributed by atoms with Crippen LogP contribution in [0.25, 0.3) is 39.5 Å². The Morgan fingerprint density at radius 1 is 0.731 bits per heavy atom. The minimum Gasteiger partial charge on any atom is -0.337 e. The Morgan fingerprint density at radius 2 is 1.42 bits per heavy atom. The molecule has 2 heterocycles.